The molecule has 3 nitrogen and oxygen atoms in total. The molecule has 0 saturated heterocycles. The third-order valence-electron chi connectivity index (χ3n) is 2.42. The van der Waals surface area contributed by atoms with Crippen molar-refractivity contribution < 1.29 is 14.3 Å². The molecule has 1 aromatic carbocycles. The molecule has 88 valence electrons. The molecule has 0 amide bonds. The van der Waals surface area contributed by atoms with Crippen molar-refractivity contribution in [3.05, 3.63) is 22.2 Å². The highest BCUT2D eigenvalue weighted by Crippen LogP contribution is 2.40. The molecule has 0 heterocycles. The third-order valence-corrected chi connectivity index (χ3v) is 2.77. The van der Waals surface area contributed by atoms with Gasteiger partial charge in [-0.3, -0.25) is 4.79 Å². The minimum atomic E-state index is -0.0731. The number of carbonyl (C=O) groups excluding carboxylic acids is 1. The summed E-state index contributed by atoms with van der Waals surface area (Å²) in [5.74, 6) is 0.880. The first-order chi connectivity index (χ1) is 7.56. The largest absolute Gasteiger partial charge is 0.495 e. The summed E-state index contributed by atoms with van der Waals surface area (Å²) in [6, 6.07) is 1.77. The van der Waals surface area contributed by atoms with E-state index in [2.05, 4.69) is 0 Å². The molecule has 0 spiro atoms. The van der Waals surface area contributed by atoms with Crippen molar-refractivity contribution in [1.29, 1.82) is 0 Å². The van der Waals surface area contributed by atoms with Gasteiger partial charge in [0.25, 0.3) is 0 Å². The van der Waals surface area contributed by atoms with E-state index in [4.69, 9.17) is 21.1 Å². The van der Waals surface area contributed by atoms with E-state index in [9.17, 15) is 4.79 Å². The number of carbonyl (C=O) groups is 1. The number of ketones is 1. The number of hydrogen-bond donors (Lipinski definition) is 0. The maximum absolute atomic E-state index is 11.5. The van der Waals surface area contributed by atoms with Gasteiger partial charge in [-0.25, -0.2) is 0 Å². The summed E-state index contributed by atoms with van der Waals surface area (Å²) in [6.07, 6.45) is 0.743. The number of ether oxygens (including phenoxy) is 2. The first kappa shape index (κ1) is 12.8. The Balaban J connectivity index is 3.54. The smallest absolute Gasteiger partial charge is 0.163 e. The number of Topliss-reactive ketones (excluding diaryl/α,β-unsaturated/α-hetero) is 1. The second kappa shape index (κ2) is 5.21. The van der Waals surface area contributed by atoms with Crippen molar-refractivity contribution in [2.24, 2.45) is 0 Å². The van der Waals surface area contributed by atoms with Gasteiger partial charge in [0.2, 0.25) is 0 Å². The molecule has 0 saturated carbocycles. The lowest BCUT2D eigenvalue weighted by Crippen LogP contribution is -2.02. The van der Waals surface area contributed by atoms with Crippen LogP contribution in [0.4, 0.5) is 0 Å². The van der Waals surface area contributed by atoms with Crippen LogP contribution in [0.25, 0.3) is 0 Å². The van der Waals surface area contributed by atoms with Gasteiger partial charge >= 0.3 is 0 Å². The van der Waals surface area contributed by atoms with Crippen LogP contribution in [-0.4, -0.2) is 20.0 Å². The Morgan fingerprint density at radius 1 is 1.31 bits per heavy atom. The Kier molecular flexibility index (Phi) is 4.19. The molecule has 0 bridgehead atoms. The molecule has 0 aliphatic carbocycles. The van der Waals surface area contributed by atoms with Crippen LogP contribution in [0.1, 0.15) is 29.8 Å². The molecule has 0 aliphatic rings. The van der Waals surface area contributed by atoms with Gasteiger partial charge in [0.15, 0.2) is 11.5 Å². The summed E-state index contributed by atoms with van der Waals surface area (Å²) < 4.78 is 10.4. The highest BCUT2D eigenvalue weighted by molar-refractivity contribution is 6.34. The first-order valence-corrected chi connectivity index (χ1v) is 5.38. The van der Waals surface area contributed by atoms with Crippen molar-refractivity contribution in [2.45, 2.75) is 20.3 Å². The maximum Gasteiger partial charge on any atom is 0.163 e. The molecule has 4 heteroatoms. The molecule has 0 unspecified atom stereocenters. The van der Waals surface area contributed by atoms with E-state index in [0.29, 0.717) is 22.1 Å². The van der Waals surface area contributed by atoms with E-state index < -0.39 is 0 Å². The number of aryl methyl sites for hydroxylation is 1. The highest BCUT2D eigenvalue weighted by Gasteiger charge is 2.19. The lowest BCUT2D eigenvalue weighted by atomic mass is 10.0. The number of methoxy groups -OCH3 is 2. The zero-order valence-corrected chi connectivity index (χ0v) is 10.6. The molecular formula is C12H15ClO3. The van der Waals surface area contributed by atoms with Crippen LogP contribution >= 0.6 is 11.6 Å². The van der Waals surface area contributed by atoms with E-state index in [-0.39, 0.29) is 5.78 Å². The quantitative estimate of drug-likeness (QED) is 0.761. The van der Waals surface area contributed by atoms with Gasteiger partial charge < -0.3 is 9.47 Å². The Morgan fingerprint density at radius 2 is 1.88 bits per heavy atom. The summed E-state index contributed by atoms with van der Waals surface area (Å²) in [6.45, 7) is 3.46. The van der Waals surface area contributed by atoms with Crippen LogP contribution in [0, 0.1) is 0 Å². The fourth-order valence-corrected chi connectivity index (χ4v) is 1.99. The van der Waals surface area contributed by atoms with Crippen molar-refractivity contribution in [3.63, 3.8) is 0 Å². The number of hydrogen-bond acceptors (Lipinski definition) is 3. The predicted octanol–water partition coefficient (Wildman–Crippen LogP) is 3.12. The monoisotopic (exact) mass is 242 g/mol. The van der Waals surface area contributed by atoms with Gasteiger partial charge in [-0.2, -0.15) is 0 Å². The Hall–Kier alpha value is -1.22. The van der Waals surface area contributed by atoms with E-state index in [1.807, 2.05) is 6.92 Å². The predicted molar refractivity (Wildman–Crippen MR) is 63.9 cm³/mol. The lowest BCUT2D eigenvalue weighted by Gasteiger charge is -2.15. The van der Waals surface area contributed by atoms with Gasteiger partial charge in [0.05, 0.1) is 19.8 Å². The summed E-state index contributed by atoms with van der Waals surface area (Å²) in [5.41, 5.74) is 1.39. The summed E-state index contributed by atoms with van der Waals surface area (Å²) in [4.78, 5) is 11.5. The average Bonchev–Trinajstić information content (AvgIpc) is 2.27. The highest BCUT2D eigenvalue weighted by atomic mass is 35.5. The molecule has 16 heavy (non-hydrogen) atoms. The van der Waals surface area contributed by atoms with E-state index in [1.165, 1.54) is 14.0 Å². The molecule has 1 aromatic rings. The fourth-order valence-electron chi connectivity index (χ4n) is 1.61. The number of halogens is 1. The summed E-state index contributed by atoms with van der Waals surface area (Å²) in [7, 11) is 3.03. The van der Waals surface area contributed by atoms with Crippen LogP contribution < -0.4 is 9.47 Å². The molecule has 0 aromatic heterocycles. The van der Waals surface area contributed by atoms with Crippen molar-refractivity contribution >= 4 is 17.4 Å². The molecule has 0 atom stereocenters. The maximum atomic E-state index is 11.5. The molecule has 0 radical (unpaired) electrons. The van der Waals surface area contributed by atoms with E-state index in [1.54, 1.807) is 13.2 Å². The first-order valence-electron chi connectivity index (χ1n) is 5.01. The zero-order valence-electron chi connectivity index (χ0n) is 9.89. The SMILES string of the molecule is CCc1cc(C(C)=O)c(OC)c(Cl)c1OC. The molecule has 0 aliphatic heterocycles. The topological polar surface area (TPSA) is 35.5 Å². The second-order valence-corrected chi connectivity index (χ2v) is 3.75. The summed E-state index contributed by atoms with van der Waals surface area (Å²) >= 11 is 6.14. The van der Waals surface area contributed by atoms with Gasteiger partial charge in [0, 0.05) is 0 Å². The standard InChI is InChI=1S/C12H15ClO3/c1-5-8-6-9(7(2)14)12(16-4)10(13)11(8)15-3/h6H,5H2,1-4H3. The van der Waals surface area contributed by atoms with Crippen molar-refractivity contribution in [3.8, 4) is 11.5 Å². The van der Waals surface area contributed by atoms with Crippen LogP contribution in [0.5, 0.6) is 11.5 Å². The number of rotatable bonds is 4. The molecule has 1 rings (SSSR count). The van der Waals surface area contributed by atoms with Gasteiger partial charge in [-0.05, 0) is 25.0 Å². The van der Waals surface area contributed by atoms with Crippen LogP contribution in [0.3, 0.4) is 0 Å². The zero-order chi connectivity index (χ0) is 12.3. The average molecular weight is 243 g/mol. The minimum Gasteiger partial charge on any atom is -0.495 e. The van der Waals surface area contributed by atoms with Crippen LogP contribution in [0.2, 0.25) is 5.02 Å². The second-order valence-electron chi connectivity index (χ2n) is 3.37. The number of benzene rings is 1. The Morgan fingerprint density at radius 3 is 2.25 bits per heavy atom. The lowest BCUT2D eigenvalue weighted by molar-refractivity contribution is 0.101. The Bertz CT molecular complexity index is 413. The fraction of sp³-hybridized carbons (Fsp3) is 0.417. The van der Waals surface area contributed by atoms with Crippen LogP contribution in [0.15, 0.2) is 6.07 Å². The van der Waals surface area contributed by atoms with Crippen molar-refractivity contribution in [1.82, 2.24) is 0 Å². The van der Waals surface area contributed by atoms with Gasteiger partial charge in [-0.15, -0.1) is 0 Å². The molecule has 0 fully saturated rings. The molecule has 0 N–H and O–H groups in total. The van der Waals surface area contributed by atoms with Crippen LogP contribution in [-0.2, 0) is 6.42 Å². The van der Waals surface area contributed by atoms with E-state index >= 15 is 0 Å². The van der Waals surface area contributed by atoms with Gasteiger partial charge in [0.1, 0.15) is 10.8 Å². The van der Waals surface area contributed by atoms with Gasteiger partial charge in [-0.1, -0.05) is 18.5 Å². The third kappa shape index (κ3) is 2.14. The Labute approximate surface area is 100 Å². The minimum absolute atomic E-state index is 0.0731. The van der Waals surface area contributed by atoms with Crippen molar-refractivity contribution in [2.75, 3.05) is 14.2 Å². The van der Waals surface area contributed by atoms with E-state index in [0.717, 1.165) is 12.0 Å². The summed E-state index contributed by atoms with van der Waals surface area (Å²) in [5, 5.41) is 0.356. The molecular weight excluding hydrogens is 228 g/mol. The normalized spacial score (nSPS) is 10.1.